The van der Waals surface area contributed by atoms with Gasteiger partial charge in [-0.1, -0.05) is 12.1 Å². The smallest absolute Gasteiger partial charge is 0.170 e. The molecule has 0 amide bonds. The van der Waals surface area contributed by atoms with Crippen molar-refractivity contribution in [2.24, 2.45) is 0 Å². The van der Waals surface area contributed by atoms with Crippen LogP contribution in [0.2, 0.25) is 0 Å². The molecule has 0 aliphatic carbocycles. The maximum Gasteiger partial charge on any atom is 0.170 e. The van der Waals surface area contributed by atoms with Gasteiger partial charge in [0.2, 0.25) is 0 Å². The van der Waals surface area contributed by atoms with Crippen molar-refractivity contribution in [3.63, 3.8) is 0 Å². The third-order valence-corrected chi connectivity index (χ3v) is 3.61. The minimum absolute atomic E-state index is 0.210. The molecule has 0 radical (unpaired) electrons. The van der Waals surface area contributed by atoms with Crippen LogP contribution >= 0.6 is 15.9 Å². The Morgan fingerprint density at radius 2 is 2.00 bits per heavy atom. The van der Waals surface area contributed by atoms with Gasteiger partial charge in [0.1, 0.15) is 5.82 Å². The molecule has 1 N–H and O–H groups in total. The molecule has 0 aliphatic heterocycles. The van der Waals surface area contributed by atoms with Crippen LogP contribution in [0, 0.1) is 18.6 Å². The second-order valence-corrected chi connectivity index (χ2v) is 5.22. The molecule has 0 aliphatic rings. The Bertz CT molecular complexity index is 632. The summed E-state index contributed by atoms with van der Waals surface area (Å²) < 4.78 is 32.6. The van der Waals surface area contributed by atoms with Gasteiger partial charge in [-0.15, -0.1) is 0 Å². The van der Waals surface area contributed by atoms with Crippen molar-refractivity contribution in [1.29, 1.82) is 0 Å². The average Bonchev–Trinajstić information content (AvgIpc) is 2.43. The van der Waals surface area contributed by atoms with E-state index in [2.05, 4.69) is 21.2 Å². The first-order valence-electron chi connectivity index (χ1n) is 6.04. The van der Waals surface area contributed by atoms with Gasteiger partial charge in [-0.25, -0.2) is 8.78 Å². The Labute approximate surface area is 124 Å². The fourth-order valence-electron chi connectivity index (χ4n) is 1.88. The summed E-state index contributed by atoms with van der Waals surface area (Å²) in [4.78, 5) is 0. The second kappa shape index (κ2) is 6.22. The number of halogens is 3. The van der Waals surface area contributed by atoms with Gasteiger partial charge in [0.15, 0.2) is 11.6 Å². The van der Waals surface area contributed by atoms with Crippen molar-refractivity contribution in [1.82, 2.24) is 0 Å². The summed E-state index contributed by atoms with van der Waals surface area (Å²) in [5.74, 6) is -0.497. The van der Waals surface area contributed by atoms with E-state index < -0.39 is 0 Å². The van der Waals surface area contributed by atoms with Crippen molar-refractivity contribution in [3.8, 4) is 5.75 Å². The summed E-state index contributed by atoms with van der Waals surface area (Å²) in [6, 6.07) is 8.04. The lowest BCUT2D eigenvalue weighted by Crippen LogP contribution is -2.04. The quantitative estimate of drug-likeness (QED) is 0.873. The van der Waals surface area contributed by atoms with Crippen LogP contribution in [0.4, 0.5) is 14.5 Å². The number of aryl methyl sites for hydroxylation is 1. The zero-order chi connectivity index (χ0) is 14.7. The Morgan fingerprint density at radius 3 is 2.70 bits per heavy atom. The minimum atomic E-state index is -0.388. The molecule has 0 fully saturated rings. The Kier molecular flexibility index (Phi) is 4.60. The normalized spacial score (nSPS) is 10.4. The highest BCUT2D eigenvalue weighted by Gasteiger charge is 2.09. The topological polar surface area (TPSA) is 21.3 Å². The maximum absolute atomic E-state index is 14.0. The van der Waals surface area contributed by atoms with Crippen molar-refractivity contribution in [3.05, 3.63) is 57.6 Å². The molecule has 2 rings (SSSR count). The highest BCUT2D eigenvalue weighted by molar-refractivity contribution is 9.10. The van der Waals surface area contributed by atoms with Gasteiger partial charge in [0, 0.05) is 17.8 Å². The lowest BCUT2D eigenvalue weighted by Gasteiger charge is -2.12. The van der Waals surface area contributed by atoms with E-state index in [1.165, 1.54) is 13.2 Å². The summed E-state index contributed by atoms with van der Waals surface area (Å²) in [6.45, 7) is 2.09. The van der Waals surface area contributed by atoms with Gasteiger partial charge in [0.25, 0.3) is 0 Å². The zero-order valence-corrected chi connectivity index (χ0v) is 12.7. The highest BCUT2D eigenvalue weighted by atomic mass is 79.9. The molecule has 2 aromatic rings. The predicted molar refractivity (Wildman–Crippen MR) is 79.1 cm³/mol. The number of ether oxygens (including phenoxy) is 1. The van der Waals surface area contributed by atoms with E-state index in [0.29, 0.717) is 16.6 Å². The van der Waals surface area contributed by atoms with E-state index in [9.17, 15) is 8.78 Å². The molecule has 106 valence electrons. The lowest BCUT2D eigenvalue weighted by molar-refractivity contribution is 0.384. The van der Waals surface area contributed by atoms with Crippen molar-refractivity contribution in [2.45, 2.75) is 13.5 Å². The number of benzene rings is 2. The van der Waals surface area contributed by atoms with E-state index in [1.54, 1.807) is 31.2 Å². The number of methoxy groups -OCH3 is 1. The van der Waals surface area contributed by atoms with Crippen LogP contribution in [0.3, 0.4) is 0 Å². The van der Waals surface area contributed by atoms with E-state index >= 15 is 0 Å². The van der Waals surface area contributed by atoms with Gasteiger partial charge < -0.3 is 10.1 Å². The first-order chi connectivity index (χ1) is 9.52. The van der Waals surface area contributed by atoms with Gasteiger partial charge in [0.05, 0.1) is 11.6 Å². The number of rotatable bonds is 4. The molecule has 0 saturated heterocycles. The molecule has 2 nitrogen and oxygen atoms in total. The van der Waals surface area contributed by atoms with E-state index in [4.69, 9.17) is 4.74 Å². The first-order valence-corrected chi connectivity index (χ1v) is 6.83. The highest BCUT2D eigenvalue weighted by Crippen LogP contribution is 2.26. The number of nitrogens with one attached hydrogen (secondary N) is 1. The van der Waals surface area contributed by atoms with E-state index in [1.807, 2.05) is 0 Å². The minimum Gasteiger partial charge on any atom is -0.494 e. The Hall–Kier alpha value is -1.62. The molecule has 0 atom stereocenters. The summed E-state index contributed by atoms with van der Waals surface area (Å²) >= 11 is 3.13. The molecular formula is C15H14BrF2NO. The predicted octanol–water partition coefficient (Wildman–Crippen LogP) is 4.66. The summed E-state index contributed by atoms with van der Waals surface area (Å²) in [7, 11) is 1.43. The standard InChI is InChI=1S/C15H14BrF2NO/c1-9-6-12(17)11(16)7-13(9)19-8-10-4-3-5-14(20-2)15(10)18/h3-7,19H,8H2,1-2H3. The van der Waals surface area contributed by atoms with Crippen LogP contribution in [0.25, 0.3) is 0 Å². The Balaban J connectivity index is 2.19. The largest absolute Gasteiger partial charge is 0.494 e. The molecule has 5 heteroatoms. The third-order valence-electron chi connectivity index (χ3n) is 3.00. The molecular weight excluding hydrogens is 328 g/mol. The summed E-state index contributed by atoms with van der Waals surface area (Å²) in [5, 5.41) is 3.10. The molecule has 0 bridgehead atoms. The van der Waals surface area contributed by atoms with E-state index in [0.717, 1.165) is 11.3 Å². The van der Waals surface area contributed by atoms with Gasteiger partial charge in [-0.2, -0.15) is 0 Å². The number of anilines is 1. The fourth-order valence-corrected chi connectivity index (χ4v) is 2.22. The van der Waals surface area contributed by atoms with Crippen molar-refractivity contribution < 1.29 is 13.5 Å². The fraction of sp³-hybridized carbons (Fsp3) is 0.200. The second-order valence-electron chi connectivity index (χ2n) is 4.37. The van der Waals surface area contributed by atoms with Crippen LogP contribution < -0.4 is 10.1 Å². The molecule has 20 heavy (non-hydrogen) atoms. The van der Waals surface area contributed by atoms with Gasteiger partial charge >= 0.3 is 0 Å². The number of hydrogen-bond donors (Lipinski definition) is 1. The van der Waals surface area contributed by atoms with E-state index in [-0.39, 0.29) is 17.4 Å². The summed E-state index contributed by atoms with van der Waals surface area (Å²) in [6.07, 6.45) is 0. The Morgan fingerprint density at radius 1 is 1.25 bits per heavy atom. The molecule has 0 aromatic heterocycles. The average molecular weight is 342 g/mol. The molecule has 2 aromatic carbocycles. The van der Waals surface area contributed by atoms with Crippen LogP contribution in [0.1, 0.15) is 11.1 Å². The molecule has 0 heterocycles. The van der Waals surface area contributed by atoms with Crippen LogP contribution in [-0.2, 0) is 6.54 Å². The van der Waals surface area contributed by atoms with Crippen LogP contribution in [0.15, 0.2) is 34.8 Å². The van der Waals surface area contributed by atoms with Crippen LogP contribution in [-0.4, -0.2) is 7.11 Å². The lowest BCUT2D eigenvalue weighted by atomic mass is 10.1. The molecule has 0 unspecified atom stereocenters. The monoisotopic (exact) mass is 341 g/mol. The first kappa shape index (κ1) is 14.8. The maximum atomic E-state index is 14.0. The van der Waals surface area contributed by atoms with Crippen LogP contribution in [0.5, 0.6) is 5.75 Å². The van der Waals surface area contributed by atoms with Crippen molar-refractivity contribution in [2.75, 3.05) is 12.4 Å². The SMILES string of the molecule is COc1cccc(CNc2cc(Br)c(F)cc2C)c1F. The summed E-state index contributed by atoms with van der Waals surface area (Å²) in [5.41, 5.74) is 2.00. The third kappa shape index (κ3) is 3.10. The molecule has 0 saturated carbocycles. The number of hydrogen-bond acceptors (Lipinski definition) is 2. The molecule has 0 spiro atoms. The van der Waals surface area contributed by atoms with Gasteiger partial charge in [-0.3, -0.25) is 0 Å². The van der Waals surface area contributed by atoms with Gasteiger partial charge in [-0.05, 0) is 46.6 Å². The van der Waals surface area contributed by atoms with Crippen molar-refractivity contribution >= 4 is 21.6 Å². The zero-order valence-electron chi connectivity index (χ0n) is 11.1.